The molecule has 2 aromatic heterocycles. The summed E-state index contributed by atoms with van der Waals surface area (Å²) >= 11 is 1.81. The third kappa shape index (κ3) is 0.916. The lowest BCUT2D eigenvalue weighted by atomic mass is 10.3. The van der Waals surface area contributed by atoms with Crippen LogP contribution in [0.25, 0.3) is 22.4 Å². The molecule has 0 aliphatic heterocycles. The summed E-state index contributed by atoms with van der Waals surface area (Å²) in [5.74, 6) is 0. The maximum absolute atomic E-state index is 3.23. The number of fused-ring (bicyclic) bond motifs is 1. The first-order valence-corrected chi connectivity index (χ1v) is 4.87. The highest BCUT2D eigenvalue weighted by Crippen LogP contribution is 2.09. The summed E-state index contributed by atoms with van der Waals surface area (Å²) < 4.78 is 1.36. The standard InChI is InChI=1S/C10H11NS/c1-3-7-8-5-6-11-10(8)12-9(7)4-2/h3-6,11H,1-2H3/b7-3-,9-4+. The molecule has 0 spiro atoms. The number of thiophene rings is 1. The highest BCUT2D eigenvalue weighted by atomic mass is 32.1. The molecule has 0 aliphatic rings. The van der Waals surface area contributed by atoms with E-state index in [0.717, 1.165) is 0 Å². The van der Waals surface area contributed by atoms with Crippen molar-refractivity contribution in [3.63, 3.8) is 0 Å². The van der Waals surface area contributed by atoms with Gasteiger partial charge in [0.25, 0.3) is 0 Å². The molecule has 0 aliphatic carbocycles. The van der Waals surface area contributed by atoms with Crippen LogP contribution in [0.3, 0.4) is 0 Å². The number of aromatic amines is 1. The first-order valence-electron chi connectivity index (χ1n) is 4.05. The lowest BCUT2D eigenvalue weighted by molar-refractivity contribution is 1.51. The van der Waals surface area contributed by atoms with Gasteiger partial charge in [-0.15, -0.1) is 11.3 Å². The van der Waals surface area contributed by atoms with Crippen LogP contribution in [0.2, 0.25) is 0 Å². The van der Waals surface area contributed by atoms with Crippen LogP contribution >= 0.6 is 11.3 Å². The van der Waals surface area contributed by atoms with Crippen molar-refractivity contribution in [3.05, 3.63) is 22.0 Å². The Kier molecular flexibility index (Phi) is 1.77. The maximum Gasteiger partial charge on any atom is 0.101 e. The van der Waals surface area contributed by atoms with Gasteiger partial charge in [-0.1, -0.05) is 12.2 Å². The number of hydrogen-bond donors (Lipinski definition) is 1. The van der Waals surface area contributed by atoms with Crippen LogP contribution in [-0.4, -0.2) is 4.98 Å². The minimum Gasteiger partial charge on any atom is -0.353 e. The van der Waals surface area contributed by atoms with E-state index in [1.807, 2.05) is 17.5 Å². The van der Waals surface area contributed by atoms with Crippen molar-refractivity contribution < 1.29 is 0 Å². The number of H-pyrrole nitrogens is 1. The molecule has 0 atom stereocenters. The van der Waals surface area contributed by atoms with Gasteiger partial charge in [-0.2, -0.15) is 0 Å². The van der Waals surface area contributed by atoms with Gasteiger partial charge < -0.3 is 4.98 Å². The van der Waals surface area contributed by atoms with Crippen molar-refractivity contribution in [2.24, 2.45) is 0 Å². The molecule has 0 saturated heterocycles. The highest BCUT2D eigenvalue weighted by molar-refractivity contribution is 7.16. The van der Waals surface area contributed by atoms with Gasteiger partial charge in [-0.05, 0) is 25.1 Å². The molecule has 2 heteroatoms. The smallest absolute Gasteiger partial charge is 0.101 e. The Morgan fingerprint density at radius 1 is 1.33 bits per heavy atom. The molecular formula is C10H11NS. The van der Waals surface area contributed by atoms with Crippen LogP contribution in [0.5, 0.6) is 0 Å². The van der Waals surface area contributed by atoms with Crippen LogP contribution in [0.4, 0.5) is 0 Å². The molecule has 2 rings (SSSR count). The number of rotatable bonds is 0. The van der Waals surface area contributed by atoms with Gasteiger partial charge in [-0.3, -0.25) is 0 Å². The molecule has 2 aromatic rings. The van der Waals surface area contributed by atoms with Crippen LogP contribution in [-0.2, 0) is 0 Å². The van der Waals surface area contributed by atoms with Gasteiger partial charge in [0.1, 0.15) is 4.83 Å². The van der Waals surface area contributed by atoms with Gasteiger partial charge >= 0.3 is 0 Å². The van der Waals surface area contributed by atoms with Gasteiger partial charge in [-0.25, -0.2) is 0 Å². The van der Waals surface area contributed by atoms with E-state index in [1.54, 1.807) is 0 Å². The van der Waals surface area contributed by atoms with E-state index < -0.39 is 0 Å². The maximum atomic E-state index is 3.23. The molecule has 0 bridgehead atoms. The summed E-state index contributed by atoms with van der Waals surface area (Å²) in [5.41, 5.74) is 0. The minimum absolute atomic E-state index is 1.27. The van der Waals surface area contributed by atoms with E-state index in [-0.39, 0.29) is 0 Å². The number of nitrogens with one attached hydrogen (secondary N) is 1. The Bertz CT molecular complexity index is 501. The Labute approximate surface area is 75.0 Å². The van der Waals surface area contributed by atoms with Crippen LogP contribution in [0.1, 0.15) is 13.8 Å². The zero-order valence-corrected chi connectivity index (χ0v) is 8.03. The average Bonchev–Trinajstić information content (AvgIpc) is 2.61. The molecule has 12 heavy (non-hydrogen) atoms. The molecule has 0 saturated carbocycles. The Morgan fingerprint density at radius 3 is 2.83 bits per heavy atom. The summed E-state index contributed by atoms with van der Waals surface area (Å²) in [6.45, 7) is 4.17. The van der Waals surface area contributed by atoms with Crippen molar-refractivity contribution >= 4 is 33.7 Å². The lowest BCUT2D eigenvalue weighted by Crippen LogP contribution is -2.16. The molecule has 0 fully saturated rings. The SMILES string of the molecule is C/C=c1\c(=C/C)sc2[nH]ccc12. The zero-order valence-electron chi connectivity index (χ0n) is 7.22. The first-order chi connectivity index (χ1) is 5.86. The summed E-state index contributed by atoms with van der Waals surface area (Å²) in [7, 11) is 0. The van der Waals surface area contributed by atoms with Gasteiger partial charge in [0.15, 0.2) is 0 Å². The van der Waals surface area contributed by atoms with Gasteiger partial charge in [0.2, 0.25) is 0 Å². The molecule has 0 amide bonds. The van der Waals surface area contributed by atoms with Crippen molar-refractivity contribution in [2.45, 2.75) is 13.8 Å². The largest absolute Gasteiger partial charge is 0.353 e. The molecule has 0 aromatic carbocycles. The Hall–Kier alpha value is -1.02. The number of hydrogen-bond acceptors (Lipinski definition) is 1. The van der Waals surface area contributed by atoms with E-state index >= 15 is 0 Å². The highest BCUT2D eigenvalue weighted by Gasteiger charge is 1.98. The zero-order chi connectivity index (χ0) is 8.55. The van der Waals surface area contributed by atoms with Crippen molar-refractivity contribution in [1.82, 2.24) is 4.98 Å². The Balaban J connectivity index is 3.09. The monoisotopic (exact) mass is 177 g/mol. The summed E-state index contributed by atoms with van der Waals surface area (Å²) in [6.07, 6.45) is 6.32. The van der Waals surface area contributed by atoms with Gasteiger partial charge in [0.05, 0.1) is 0 Å². The Morgan fingerprint density at radius 2 is 2.17 bits per heavy atom. The van der Waals surface area contributed by atoms with Crippen molar-refractivity contribution in [1.29, 1.82) is 0 Å². The lowest BCUT2D eigenvalue weighted by Gasteiger charge is -1.75. The van der Waals surface area contributed by atoms with Crippen LogP contribution in [0, 0.1) is 0 Å². The average molecular weight is 177 g/mol. The molecular weight excluding hydrogens is 166 g/mol. The van der Waals surface area contributed by atoms with E-state index in [0.29, 0.717) is 0 Å². The quantitative estimate of drug-likeness (QED) is 0.632. The molecule has 62 valence electrons. The summed E-state index contributed by atoms with van der Waals surface area (Å²) in [6, 6.07) is 2.13. The fraction of sp³-hybridized carbons (Fsp3) is 0.200. The summed E-state index contributed by atoms with van der Waals surface area (Å²) in [4.78, 5) is 4.50. The van der Waals surface area contributed by atoms with Gasteiger partial charge in [0, 0.05) is 16.1 Å². The predicted molar refractivity (Wildman–Crippen MR) is 55.7 cm³/mol. The van der Waals surface area contributed by atoms with E-state index in [4.69, 9.17) is 0 Å². The fourth-order valence-corrected chi connectivity index (χ4v) is 2.55. The minimum atomic E-state index is 1.27. The third-order valence-corrected chi connectivity index (χ3v) is 3.24. The van der Waals surface area contributed by atoms with Crippen molar-refractivity contribution in [2.75, 3.05) is 0 Å². The predicted octanol–water partition coefficient (Wildman–Crippen LogP) is 1.83. The molecule has 0 unspecified atom stereocenters. The second kappa shape index (κ2) is 2.79. The topological polar surface area (TPSA) is 15.8 Å². The van der Waals surface area contributed by atoms with Crippen LogP contribution < -0.4 is 9.75 Å². The normalized spacial score (nSPS) is 14.8. The molecule has 1 nitrogen and oxygen atoms in total. The second-order valence-corrected chi connectivity index (χ2v) is 3.73. The third-order valence-electron chi connectivity index (χ3n) is 2.03. The fourth-order valence-electron chi connectivity index (χ4n) is 1.46. The number of aromatic nitrogens is 1. The first kappa shape index (κ1) is 7.62. The van der Waals surface area contributed by atoms with Crippen LogP contribution in [0.15, 0.2) is 12.3 Å². The molecule has 1 N–H and O–H groups in total. The van der Waals surface area contributed by atoms with E-state index in [9.17, 15) is 0 Å². The van der Waals surface area contributed by atoms with E-state index in [2.05, 4.69) is 37.0 Å². The second-order valence-electron chi connectivity index (χ2n) is 2.68. The van der Waals surface area contributed by atoms with Crippen molar-refractivity contribution in [3.8, 4) is 0 Å². The van der Waals surface area contributed by atoms with E-state index in [1.165, 1.54) is 20.0 Å². The molecule has 2 heterocycles. The molecule has 0 radical (unpaired) electrons. The summed E-state index contributed by atoms with van der Waals surface area (Å²) in [5, 5.41) is 2.70.